The maximum absolute atomic E-state index is 15.3. The van der Waals surface area contributed by atoms with E-state index in [1.165, 1.54) is 50.2 Å². The molecule has 12 heteroatoms. The summed E-state index contributed by atoms with van der Waals surface area (Å²) < 4.78 is 46.6. The van der Waals surface area contributed by atoms with Gasteiger partial charge >= 0.3 is 0 Å². The molecule has 0 radical (unpaired) electrons. The number of carbonyl (C=O) groups excluding carboxylic acids is 2. The zero-order chi connectivity index (χ0) is 31.1. The van der Waals surface area contributed by atoms with Gasteiger partial charge in [-0.1, -0.05) is 13.8 Å². The van der Waals surface area contributed by atoms with Crippen LogP contribution < -0.4 is 26.4 Å². The predicted octanol–water partition coefficient (Wildman–Crippen LogP) is 4.97. The van der Waals surface area contributed by atoms with Crippen molar-refractivity contribution in [1.29, 1.82) is 0 Å². The van der Waals surface area contributed by atoms with Crippen molar-refractivity contribution in [3.63, 3.8) is 0 Å². The Labute approximate surface area is 249 Å². The molecule has 10 nitrogen and oxygen atoms in total. The second-order valence-electron chi connectivity index (χ2n) is 9.87. The van der Waals surface area contributed by atoms with Crippen LogP contribution in [-0.2, 0) is 26.0 Å². The highest BCUT2D eigenvalue weighted by molar-refractivity contribution is 7.91. The molecule has 2 amide bonds. The second kappa shape index (κ2) is 13.5. The normalized spacial score (nSPS) is 12.0. The van der Waals surface area contributed by atoms with E-state index in [-0.39, 0.29) is 34.2 Å². The summed E-state index contributed by atoms with van der Waals surface area (Å²) in [5.41, 5.74) is 7.18. The van der Waals surface area contributed by atoms with Gasteiger partial charge in [0.2, 0.25) is 11.8 Å². The second-order valence-corrected chi connectivity index (χ2v) is 12.1. The van der Waals surface area contributed by atoms with Gasteiger partial charge in [-0.15, -0.1) is 0 Å². The van der Waals surface area contributed by atoms with E-state index < -0.39 is 27.6 Å². The van der Waals surface area contributed by atoms with Gasteiger partial charge in [0.05, 0.1) is 17.3 Å². The van der Waals surface area contributed by atoms with Gasteiger partial charge in [-0.05, 0) is 78.0 Å². The first kappa shape index (κ1) is 31.2. The van der Waals surface area contributed by atoms with E-state index >= 15 is 4.39 Å². The quantitative estimate of drug-likeness (QED) is 0.176. The van der Waals surface area contributed by atoms with Crippen molar-refractivity contribution < 1.29 is 27.1 Å². The maximum atomic E-state index is 15.3. The number of hydrogen-bond donors (Lipinski definition) is 4. The summed E-state index contributed by atoms with van der Waals surface area (Å²) in [7, 11) is -3.66. The number of nitrogens with zero attached hydrogens (tertiary/aromatic N) is 1. The number of benzene rings is 3. The number of ether oxygens (including phenoxy) is 1. The largest absolute Gasteiger partial charge is 0.494 e. The van der Waals surface area contributed by atoms with Crippen molar-refractivity contribution in [3.8, 4) is 5.75 Å². The number of nitrogens with two attached hydrogens (primary N) is 1. The van der Waals surface area contributed by atoms with Crippen LogP contribution in [0, 0.1) is 5.82 Å². The molecule has 3 aromatic carbocycles. The van der Waals surface area contributed by atoms with Crippen LogP contribution in [0.2, 0.25) is 0 Å². The molecule has 0 spiro atoms. The van der Waals surface area contributed by atoms with Crippen LogP contribution in [0.1, 0.15) is 44.4 Å². The Morgan fingerprint density at radius 2 is 1.79 bits per heavy atom. The SMILES string of the molecule is CCCOc1ccc(F)c(C(Nc2ccc3c(N)nccc3c2)C(=O)NCc2cc(NC(C)=O)ccc2S(=O)(=O)CC)c1. The molecule has 4 rings (SSSR count). The number of fused-ring (bicyclic) bond motifs is 1. The highest BCUT2D eigenvalue weighted by Gasteiger charge is 2.26. The smallest absolute Gasteiger partial charge is 0.247 e. The van der Waals surface area contributed by atoms with Gasteiger partial charge in [0, 0.05) is 42.0 Å². The van der Waals surface area contributed by atoms with Gasteiger partial charge in [-0.2, -0.15) is 0 Å². The number of hydrogen-bond acceptors (Lipinski definition) is 8. The number of carbonyl (C=O) groups is 2. The molecule has 0 bridgehead atoms. The summed E-state index contributed by atoms with van der Waals surface area (Å²) in [5, 5.41) is 9.98. The van der Waals surface area contributed by atoms with Crippen LogP contribution in [-0.4, -0.2) is 37.6 Å². The highest BCUT2D eigenvalue weighted by atomic mass is 32.2. The molecule has 1 unspecified atom stereocenters. The van der Waals surface area contributed by atoms with Crippen LogP contribution in [0.25, 0.3) is 10.8 Å². The fourth-order valence-corrected chi connectivity index (χ4v) is 5.65. The maximum Gasteiger partial charge on any atom is 0.247 e. The van der Waals surface area contributed by atoms with Crippen molar-refractivity contribution >= 4 is 49.6 Å². The van der Waals surface area contributed by atoms with Crippen LogP contribution >= 0.6 is 0 Å². The summed E-state index contributed by atoms with van der Waals surface area (Å²) in [6.45, 7) is 5.00. The lowest BCUT2D eigenvalue weighted by atomic mass is 10.0. The molecule has 1 heterocycles. The summed E-state index contributed by atoms with van der Waals surface area (Å²) in [4.78, 5) is 29.5. The Bertz CT molecular complexity index is 1760. The van der Waals surface area contributed by atoms with E-state index in [2.05, 4.69) is 20.9 Å². The van der Waals surface area contributed by atoms with E-state index in [0.29, 0.717) is 29.5 Å². The number of nitrogen functional groups attached to an aromatic ring is 1. The molecule has 43 heavy (non-hydrogen) atoms. The standard InChI is InChI=1S/C31H34FN5O5S/c1-4-14-42-24-8-10-27(32)26(17-24)29(37-23-6-9-25-20(15-23)12-13-34-30(25)33)31(39)35-18-21-16-22(36-19(3)38)7-11-28(21)43(40,41)5-2/h6-13,15-17,29,37H,4-5,14,18H2,1-3H3,(H2,33,34)(H,35,39)(H,36,38). The Balaban J connectivity index is 1.71. The monoisotopic (exact) mass is 607 g/mol. The van der Waals surface area contributed by atoms with Gasteiger partial charge in [0.15, 0.2) is 9.84 Å². The Kier molecular flexibility index (Phi) is 9.81. The number of halogens is 1. The number of sulfone groups is 1. The molecule has 0 aliphatic rings. The topological polar surface area (TPSA) is 153 Å². The first-order valence-electron chi connectivity index (χ1n) is 13.8. The van der Waals surface area contributed by atoms with E-state index in [0.717, 1.165) is 17.2 Å². The fourth-order valence-electron chi connectivity index (χ4n) is 4.54. The molecule has 0 fully saturated rings. The van der Waals surface area contributed by atoms with E-state index in [1.807, 2.05) is 6.92 Å². The number of anilines is 3. The molecule has 4 aromatic rings. The molecular formula is C31H34FN5O5S. The van der Waals surface area contributed by atoms with Crippen LogP contribution in [0.4, 0.5) is 21.6 Å². The molecule has 1 aromatic heterocycles. The van der Waals surface area contributed by atoms with Crippen molar-refractivity contribution in [2.75, 3.05) is 28.7 Å². The molecule has 0 aliphatic heterocycles. The Morgan fingerprint density at radius 1 is 1.02 bits per heavy atom. The Hall–Kier alpha value is -4.71. The van der Waals surface area contributed by atoms with E-state index in [9.17, 15) is 18.0 Å². The molecule has 5 N–H and O–H groups in total. The molecule has 0 saturated carbocycles. The van der Waals surface area contributed by atoms with Gasteiger partial charge in [0.25, 0.3) is 0 Å². The highest BCUT2D eigenvalue weighted by Crippen LogP contribution is 2.30. The van der Waals surface area contributed by atoms with E-state index in [1.54, 1.807) is 30.5 Å². The number of pyridine rings is 1. The Morgan fingerprint density at radius 3 is 2.51 bits per heavy atom. The third-order valence-corrected chi connectivity index (χ3v) is 8.50. The predicted molar refractivity (Wildman–Crippen MR) is 165 cm³/mol. The number of rotatable bonds is 12. The number of nitrogens with one attached hydrogen (secondary N) is 3. The lowest BCUT2D eigenvalue weighted by Crippen LogP contribution is -2.34. The summed E-state index contributed by atoms with van der Waals surface area (Å²) >= 11 is 0. The van der Waals surface area contributed by atoms with Crippen LogP contribution in [0.5, 0.6) is 5.75 Å². The average molecular weight is 608 g/mol. The fraction of sp³-hybridized carbons (Fsp3) is 0.258. The molecular weight excluding hydrogens is 573 g/mol. The van der Waals surface area contributed by atoms with Gasteiger partial charge < -0.3 is 26.4 Å². The third kappa shape index (κ3) is 7.58. The first-order valence-corrected chi connectivity index (χ1v) is 15.4. The van der Waals surface area contributed by atoms with Gasteiger partial charge in [-0.25, -0.2) is 17.8 Å². The lowest BCUT2D eigenvalue weighted by molar-refractivity contribution is -0.122. The summed E-state index contributed by atoms with van der Waals surface area (Å²) in [5.74, 6) is -0.994. The minimum atomic E-state index is -3.66. The summed E-state index contributed by atoms with van der Waals surface area (Å²) in [6, 6.07) is 14.3. The zero-order valence-electron chi connectivity index (χ0n) is 24.1. The van der Waals surface area contributed by atoms with Crippen molar-refractivity contribution in [2.45, 2.75) is 44.7 Å². The molecule has 0 saturated heterocycles. The van der Waals surface area contributed by atoms with Gasteiger partial charge in [-0.3, -0.25) is 9.59 Å². The van der Waals surface area contributed by atoms with Crippen molar-refractivity contribution in [2.24, 2.45) is 0 Å². The molecule has 0 aliphatic carbocycles. The van der Waals surface area contributed by atoms with Gasteiger partial charge in [0.1, 0.15) is 23.4 Å². The van der Waals surface area contributed by atoms with Crippen molar-refractivity contribution in [1.82, 2.24) is 10.3 Å². The zero-order valence-corrected chi connectivity index (χ0v) is 24.9. The molecule has 1 atom stereocenters. The number of aromatic nitrogens is 1. The minimum Gasteiger partial charge on any atom is -0.494 e. The summed E-state index contributed by atoms with van der Waals surface area (Å²) in [6.07, 6.45) is 2.31. The first-order chi connectivity index (χ1) is 20.5. The van der Waals surface area contributed by atoms with Crippen LogP contribution in [0.3, 0.4) is 0 Å². The van der Waals surface area contributed by atoms with Crippen molar-refractivity contribution in [3.05, 3.63) is 83.8 Å². The van der Waals surface area contributed by atoms with E-state index in [4.69, 9.17) is 10.5 Å². The average Bonchev–Trinajstić information content (AvgIpc) is 2.98. The number of amides is 2. The van der Waals surface area contributed by atoms with Crippen LogP contribution in [0.15, 0.2) is 71.8 Å². The third-order valence-electron chi connectivity index (χ3n) is 6.67. The lowest BCUT2D eigenvalue weighted by Gasteiger charge is -2.22. The molecule has 226 valence electrons. The minimum absolute atomic E-state index is 0.0239.